The SMILES string of the molecule is Cn1cc(-c2cc(C(=O)N3CCCC(c4ncc(Cl)cc4S(C)(=O)=O)C3)on2)cn1. The van der Waals surface area contributed by atoms with Crippen LogP contribution in [0, 0.1) is 0 Å². The van der Waals surface area contributed by atoms with Gasteiger partial charge in [-0.1, -0.05) is 16.8 Å². The molecule has 0 bridgehead atoms. The van der Waals surface area contributed by atoms with E-state index in [1.165, 1.54) is 12.3 Å². The van der Waals surface area contributed by atoms with Crippen molar-refractivity contribution in [2.24, 2.45) is 7.05 Å². The predicted molar refractivity (Wildman–Crippen MR) is 109 cm³/mol. The van der Waals surface area contributed by atoms with Crippen LogP contribution in [0.25, 0.3) is 11.3 Å². The summed E-state index contributed by atoms with van der Waals surface area (Å²) in [6.07, 6.45) is 7.42. The molecule has 3 aromatic heterocycles. The van der Waals surface area contributed by atoms with E-state index in [2.05, 4.69) is 15.2 Å². The number of likely N-dealkylation sites (tertiary alicyclic amines) is 1. The molecule has 3 aromatic rings. The minimum atomic E-state index is -3.51. The van der Waals surface area contributed by atoms with E-state index >= 15 is 0 Å². The fourth-order valence-electron chi connectivity index (χ4n) is 3.64. The van der Waals surface area contributed by atoms with E-state index in [1.807, 2.05) is 0 Å². The van der Waals surface area contributed by atoms with Crippen molar-refractivity contribution >= 4 is 27.3 Å². The number of carbonyl (C=O) groups excluding carboxylic acids is 1. The molecular formula is C19H20ClN5O4S. The topological polar surface area (TPSA) is 111 Å². The predicted octanol–water partition coefficient (Wildman–Crippen LogP) is 2.55. The summed E-state index contributed by atoms with van der Waals surface area (Å²) in [6.45, 7) is 0.874. The van der Waals surface area contributed by atoms with Crippen molar-refractivity contribution < 1.29 is 17.7 Å². The van der Waals surface area contributed by atoms with E-state index in [-0.39, 0.29) is 27.5 Å². The highest BCUT2D eigenvalue weighted by atomic mass is 35.5. The van der Waals surface area contributed by atoms with Crippen LogP contribution in [0.1, 0.15) is 35.0 Å². The molecule has 158 valence electrons. The number of aromatic nitrogens is 4. The Hall–Kier alpha value is -2.72. The number of halogens is 1. The minimum Gasteiger partial charge on any atom is -0.350 e. The first-order valence-electron chi connectivity index (χ1n) is 9.33. The number of rotatable bonds is 4. The van der Waals surface area contributed by atoms with E-state index < -0.39 is 9.84 Å². The van der Waals surface area contributed by atoms with Gasteiger partial charge in [0.25, 0.3) is 5.91 Å². The van der Waals surface area contributed by atoms with Crippen LogP contribution in [0.15, 0.2) is 40.1 Å². The van der Waals surface area contributed by atoms with Gasteiger partial charge in [-0.25, -0.2) is 8.42 Å². The number of hydrogen-bond donors (Lipinski definition) is 0. The van der Waals surface area contributed by atoms with E-state index in [4.69, 9.17) is 16.1 Å². The lowest BCUT2D eigenvalue weighted by atomic mass is 9.94. The molecule has 1 atom stereocenters. The molecule has 0 N–H and O–H groups in total. The third kappa shape index (κ3) is 4.10. The van der Waals surface area contributed by atoms with Crippen LogP contribution >= 0.6 is 11.6 Å². The lowest BCUT2D eigenvalue weighted by molar-refractivity contribution is 0.0663. The maximum atomic E-state index is 13.0. The quantitative estimate of drug-likeness (QED) is 0.601. The van der Waals surface area contributed by atoms with E-state index in [0.717, 1.165) is 18.2 Å². The summed E-state index contributed by atoms with van der Waals surface area (Å²) in [7, 11) is -1.72. The smallest absolute Gasteiger partial charge is 0.292 e. The second-order valence-electron chi connectivity index (χ2n) is 7.38. The van der Waals surface area contributed by atoms with Crippen LogP contribution < -0.4 is 0 Å². The van der Waals surface area contributed by atoms with Crippen molar-refractivity contribution in [1.82, 2.24) is 24.8 Å². The molecule has 9 nitrogen and oxygen atoms in total. The molecule has 11 heteroatoms. The summed E-state index contributed by atoms with van der Waals surface area (Å²) in [5.41, 5.74) is 1.71. The maximum Gasteiger partial charge on any atom is 0.292 e. The van der Waals surface area contributed by atoms with Crippen molar-refractivity contribution in [3.8, 4) is 11.3 Å². The first kappa shape index (κ1) is 20.5. The van der Waals surface area contributed by atoms with Crippen molar-refractivity contribution in [2.75, 3.05) is 19.3 Å². The number of aryl methyl sites for hydroxylation is 1. The van der Waals surface area contributed by atoms with Gasteiger partial charge >= 0.3 is 0 Å². The van der Waals surface area contributed by atoms with Gasteiger partial charge < -0.3 is 9.42 Å². The minimum absolute atomic E-state index is 0.104. The first-order valence-corrected chi connectivity index (χ1v) is 11.6. The summed E-state index contributed by atoms with van der Waals surface area (Å²) < 4.78 is 31.3. The highest BCUT2D eigenvalue weighted by Gasteiger charge is 2.31. The average molecular weight is 450 g/mol. The van der Waals surface area contributed by atoms with Crippen molar-refractivity contribution in [3.05, 3.63) is 47.2 Å². The molecule has 0 radical (unpaired) electrons. The van der Waals surface area contributed by atoms with Gasteiger partial charge in [-0.05, 0) is 18.9 Å². The monoisotopic (exact) mass is 449 g/mol. The Kier molecular flexibility index (Phi) is 5.37. The fourth-order valence-corrected chi connectivity index (χ4v) is 4.80. The molecular weight excluding hydrogens is 430 g/mol. The molecule has 1 saturated heterocycles. The molecule has 30 heavy (non-hydrogen) atoms. The molecule has 1 unspecified atom stereocenters. The Bertz CT molecular complexity index is 1200. The van der Waals surface area contributed by atoms with Crippen LogP contribution in [0.3, 0.4) is 0 Å². The molecule has 1 aliphatic heterocycles. The van der Waals surface area contributed by atoms with E-state index in [0.29, 0.717) is 30.9 Å². The van der Waals surface area contributed by atoms with Crippen LogP contribution in [0.5, 0.6) is 0 Å². The van der Waals surface area contributed by atoms with Gasteiger partial charge in [-0.2, -0.15) is 5.10 Å². The van der Waals surface area contributed by atoms with E-state index in [9.17, 15) is 13.2 Å². The number of pyridine rings is 1. The summed E-state index contributed by atoms with van der Waals surface area (Å²) >= 11 is 5.96. The summed E-state index contributed by atoms with van der Waals surface area (Å²) in [5.74, 6) is -0.385. The summed E-state index contributed by atoms with van der Waals surface area (Å²) in [6, 6.07) is 3.00. The Morgan fingerprint density at radius 3 is 2.80 bits per heavy atom. The zero-order chi connectivity index (χ0) is 21.5. The van der Waals surface area contributed by atoms with Gasteiger partial charge in [0.1, 0.15) is 5.69 Å². The van der Waals surface area contributed by atoms with Gasteiger partial charge in [0.2, 0.25) is 5.76 Å². The molecule has 0 spiro atoms. The summed E-state index contributed by atoms with van der Waals surface area (Å²) in [5, 5.41) is 8.31. The third-order valence-corrected chi connectivity index (χ3v) is 6.40. The van der Waals surface area contributed by atoms with Crippen molar-refractivity contribution in [1.29, 1.82) is 0 Å². The maximum absolute atomic E-state index is 13.0. The Morgan fingerprint density at radius 1 is 1.30 bits per heavy atom. The number of carbonyl (C=O) groups is 1. The number of piperidine rings is 1. The van der Waals surface area contributed by atoms with Crippen LogP contribution in [0.4, 0.5) is 0 Å². The lowest BCUT2D eigenvalue weighted by Crippen LogP contribution is -2.39. The van der Waals surface area contributed by atoms with Gasteiger partial charge in [0.05, 0.1) is 21.8 Å². The lowest BCUT2D eigenvalue weighted by Gasteiger charge is -2.32. The normalized spacial score (nSPS) is 17.3. The highest BCUT2D eigenvalue weighted by molar-refractivity contribution is 7.90. The summed E-state index contributed by atoms with van der Waals surface area (Å²) in [4.78, 5) is 19.0. The number of sulfone groups is 1. The van der Waals surface area contributed by atoms with Crippen LogP contribution in [0.2, 0.25) is 5.02 Å². The van der Waals surface area contributed by atoms with E-state index in [1.54, 1.807) is 35.1 Å². The Labute approximate surface area is 178 Å². The number of amides is 1. The molecule has 4 rings (SSSR count). The molecule has 0 aliphatic carbocycles. The number of nitrogens with zero attached hydrogens (tertiary/aromatic N) is 5. The fraction of sp³-hybridized carbons (Fsp3) is 0.368. The third-order valence-electron chi connectivity index (χ3n) is 5.06. The van der Waals surface area contributed by atoms with Crippen LogP contribution in [-0.2, 0) is 16.9 Å². The molecule has 4 heterocycles. The molecule has 0 saturated carbocycles. The molecule has 1 amide bonds. The van der Waals surface area contributed by atoms with Gasteiger partial charge in [-0.15, -0.1) is 0 Å². The zero-order valence-corrected chi connectivity index (χ0v) is 18.0. The standard InChI is InChI=1S/C19H20ClN5O4S/c1-24-10-13(8-22-24)15-7-16(29-23-15)19(26)25-5-3-4-12(11-25)18-17(30(2,27)28)6-14(20)9-21-18/h6-10,12H,3-5,11H2,1-2H3. The van der Waals surface area contributed by atoms with Crippen LogP contribution in [-0.4, -0.2) is 58.5 Å². The largest absolute Gasteiger partial charge is 0.350 e. The zero-order valence-electron chi connectivity index (χ0n) is 16.4. The van der Waals surface area contributed by atoms with Gasteiger partial charge in [0.15, 0.2) is 9.84 Å². The molecule has 0 aromatic carbocycles. The van der Waals surface area contributed by atoms with Gasteiger partial charge in [-0.3, -0.25) is 14.5 Å². The number of hydrogen-bond acceptors (Lipinski definition) is 7. The average Bonchev–Trinajstić information content (AvgIpc) is 3.36. The Morgan fingerprint density at radius 2 is 2.10 bits per heavy atom. The second kappa shape index (κ2) is 7.84. The highest BCUT2D eigenvalue weighted by Crippen LogP contribution is 2.32. The molecule has 1 aliphatic rings. The van der Waals surface area contributed by atoms with Gasteiger partial charge in [0, 0.05) is 56.3 Å². The van der Waals surface area contributed by atoms with Crippen molar-refractivity contribution in [2.45, 2.75) is 23.7 Å². The first-order chi connectivity index (χ1) is 14.2. The molecule has 1 fully saturated rings. The Balaban J connectivity index is 1.57. The second-order valence-corrected chi connectivity index (χ2v) is 9.80. The van der Waals surface area contributed by atoms with Crippen molar-refractivity contribution in [3.63, 3.8) is 0 Å².